The van der Waals surface area contributed by atoms with Gasteiger partial charge in [-0.25, -0.2) is 0 Å². The molecule has 0 radical (unpaired) electrons. The van der Waals surface area contributed by atoms with Crippen LogP contribution in [-0.2, 0) is 4.74 Å². The number of carbonyl (C=O) groups excluding carboxylic acids is 1. The van der Waals surface area contributed by atoms with E-state index < -0.39 is 0 Å². The number of hydrogen-bond donors (Lipinski definition) is 1. The number of methoxy groups -OCH3 is 2. The minimum atomic E-state index is -0.154. The number of hydrogen-bond acceptors (Lipinski definition) is 5. The standard InChI is InChI=1S/C15H22N2O4/c1-19-13-5-3-4-12(14(13)20-2)15(18)16-6-7-17-8-10-21-11-9-17/h3-5H,6-11H2,1-2H3,(H,16,18). The first-order chi connectivity index (χ1) is 10.3. The van der Waals surface area contributed by atoms with Crippen molar-refractivity contribution in [1.82, 2.24) is 10.2 Å². The maximum Gasteiger partial charge on any atom is 0.255 e. The maximum atomic E-state index is 12.2. The summed E-state index contributed by atoms with van der Waals surface area (Å²) in [5.41, 5.74) is 0.485. The van der Waals surface area contributed by atoms with Gasteiger partial charge in [-0.2, -0.15) is 0 Å². The van der Waals surface area contributed by atoms with Crippen molar-refractivity contribution in [2.24, 2.45) is 0 Å². The lowest BCUT2D eigenvalue weighted by Crippen LogP contribution is -2.41. The number of amides is 1. The fourth-order valence-corrected chi connectivity index (χ4v) is 2.31. The Balaban J connectivity index is 1.90. The fraction of sp³-hybridized carbons (Fsp3) is 0.533. The molecule has 0 aliphatic carbocycles. The van der Waals surface area contributed by atoms with Crippen LogP contribution in [0.3, 0.4) is 0 Å². The van der Waals surface area contributed by atoms with Gasteiger partial charge in [0.2, 0.25) is 0 Å². The van der Waals surface area contributed by atoms with Gasteiger partial charge in [0.05, 0.1) is 33.0 Å². The molecule has 0 saturated carbocycles. The van der Waals surface area contributed by atoms with Gasteiger partial charge >= 0.3 is 0 Å². The molecule has 21 heavy (non-hydrogen) atoms. The normalized spacial score (nSPS) is 15.5. The van der Waals surface area contributed by atoms with Crippen LogP contribution in [0.4, 0.5) is 0 Å². The van der Waals surface area contributed by atoms with Crippen LogP contribution in [0.5, 0.6) is 11.5 Å². The third-order valence-electron chi connectivity index (χ3n) is 3.46. The first-order valence-corrected chi connectivity index (χ1v) is 7.05. The molecule has 1 fully saturated rings. The second kappa shape index (κ2) is 7.85. The van der Waals surface area contributed by atoms with Crippen LogP contribution in [0.15, 0.2) is 18.2 Å². The molecular formula is C15H22N2O4. The lowest BCUT2D eigenvalue weighted by Gasteiger charge is -2.26. The predicted molar refractivity (Wildman–Crippen MR) is 79.1 cm³/mol. The number of ether oxygens (including phenoxy) is 3. The molecule has 116 valence electrons. The van der Waals surface area contributed by atoms with Crippen molar-refractivity contribution in [3.8, 4) is 11.5 Å². The zero-order chi connectivity index (χ0) is 15.1. The number of nitrogens with zero attached hydrogens (tertiary/aromatic N) is 1. The molecule has 0 atom stereocenters. The van der Waals surface area contributed by atoms with Gasteiger partial charge in [-0.3, -0.25) is 9.69 Å². The highest BCUT2D eigenvalue weighted by atomic mass is 16.5. The third-order valence-corrected chi connectivity index (χ3v) is 3.46. The number of rotatable bonds is 6. The number of morpholine rings is 1. The van der Waals surface area contributed by atoms with Gasteiger partial charge in [-0.15, -0.1) is 0 Å². The minimum absolute atomic E-state index is 0.154. The van der Waals surface area contributed by atoms with Crippen molar-refractivity contribution in [3.63, 3.8) is 0 Å². The van der Waals surface area contributed by atoms with Gasteiger partial charge in [0.15, 0.2) is 11.5 Å². The van der Waals surface area contributed by atoms with E-state index >= 15 is 0 Å². The lowest BCUT2D eigenvalue weighted by atomic mass is 10.1. The monoisotopic (exact) mass is 294 g/mol. The van der Waals surface area contributed by atoms with E-state index in [0.29, 0.717) is 23.6 Å². The largest absolute Gasteiger partial charge is 0.493 e. The molecule has 1 N–H and O–H groups in total. The summed E-state index contributed by atoms with van der Waals surface area (Å²) in [5, 5.41) is 2.92. The molecule has 2 rings (SSSR count). The topological polar surface area (TPSA) is 60.0 Å². The summed E-state index contributed by atoms with van der Waals surface area (Å²) in [7, 11) is 3.08. The van der Waals surface area contributed by atoms with Gasteiger partial charge in [-0.05, 0) is 12.1 Å². The second-order valence-electron chi connectivity index (χ2n) is 4.75. The van der Waals surface area contributed by atoms with E-state index in [1.807, 2.05) is 0 Å². The number of para-hydroxylation sites is 1. The number of benzene rings is 1. The Hall–Kier alpha value is -1.79. The highest BCUT2D eigenvalue weighted by Gasteiger charge is 2.16. The van der Waals surface area contributed by atoms with Crippen LogP contribution in [-0.4, -0.2) is 64.4 Å². The molecule has 1 amide bonds. The van der Waals surface area contributed by atoms with Crippen LogP contribution in [0.2, 0.25) is 0 Å². The highest BCUT2D eigenvalue weighted by molar-refractivity contribution is 5.97. The predicted octanol–water partition coefficient (Wildman–Crippen LogP) is 0.766. The molecular weight excluding hydrogens is 272 g/mol. The fourth-order valence-electron chi connectivity index (χ4n) is 2.31. The minimum Gasteiger partial charge on any atom is -0.493 e. The highest BCUT2D eigenvalue weighted by Crippen LogP contribution is 2.30. The second-order valence-corrected chi connectivity index (χ2v) is 4.75. The van der Waals surface area contributed by atoms with Crippen LogP contribution in [0, 0.1) is 0 Å². The van der Waals surface area contributed by atoms with E-state index in [9.17, 15) is 4.79 Å². The van der Waals surface area contributed by atoms with Crippen molar-refractivity contribution in [1.29, 1.82) is 0 Å². The average molecular weight is 294 g/mol. The van der Waals surface area contributed by atoms with Gasteiger partial charge in [0.25, 0.3) is 5.91 Å². The van der Waals surface area contributed by atoms with E-state index in [4.69, 9.17) is 14.2 Å². The molecule has 0 aromatic heterocycles. The van der Waals surface area contributed by atoms with Crippen molar-refractivity contribution < 1.29 is 19.0 Å². The Morgan fingerprint density at radius 2 is 2.05 bits per heavy atom. The van der Waals surface area contributed by atoms with Crippen LogP contribution >= 0.6 is 0 Å². The SMILES string of the molecule is COc1cccc(C(=O)NCCN2CCOCC2)c1OC. The van der Waals surface area contributed by atoms with Gasteiger partial charge < -0.3 is 19.5 Å². The molecule has 1 aromatic carbocycles. The van der Waals surface area contributed by atoms with Gasteiger partial charge in [0.1, 0.15) is 0 Å². The smallest absolute Gasteiger partial charge is 0.255 e. The van der Waals surface area contributed by atoms with Gasteiger partial charge in [0, 0.05) is 26.2 Å². The summed E-state index contributed by atoms with van der Waals surface area (Å²) in [4.78, 5) is 14.5. The summed E-state index contributed by atoms with van der Waals surface area (Å²) in [6, 6.07) is 5.27. The Morgan fingerprint density at radius 3 is 2.71 bits per heavy atom. The first-order valence-electron chi connectivity index (χ1n) is 7.05. The summed E-state index contributed by atoms with van der Waals surface area (Å²) >= 11 is 0. The summed E-state index contributed by atoms with van der Waals surface area (Å²) in [6.07, 6.45) is 0. The zero-order valence-electron chi connectivity index (χ0n) is 12.6. The molecule has 0 bridgehead atoms. The molecule has 0 unspecified atom stereocenters. The maximum absolute atomic E-state index is 12.2. The Bertz CT molecular complexity index is 473. The Morgan fingerprint density at radius 1 is 1.29 bits per heavy atom. The van der Waals surface area contributed by atoms with E-state index in [1.165, 1.54) is 7.11 Å². The van der Waals surface area contributed by atoms with Crippen LogP contribution < -0.4 is 14.8 Å². The van der Waals surface area contributed by atoms with E-state index in [-0.39, 0.29) is 5.91 Å². The molecule has 6 heteroatoms. The molecule has 1 aliphatic rings. The van der Waals surface area contributed by atoms with Crippen LogP contribution in [0.25, 0.3) is 0 Å². The van der Waals surface area contributed by atoms with Crippen molar-refractivity contribution in [2.75, 3.05) is 53.6 Å². The van der Waals surface area contributed by atoms with E-state index in [0.717, 1.165) is 32.8 Å². The summed E-state index contributed by atoms with van der Waals surface area (Å²) < 4.78 is 15.8. The van der Waals surface area contributed by atoms with Crippen molar-refractivity contribution >= 4 is 5.91 Å². The van der Waals surface area contributed by atoms with E-state index in [1.54, 1.807) is 25.3 Å². The molecule has 1 aliphatic heterocycles. The zero-order valence-corrected chi connectivity index (χ0v) is 12.6. The van der Waals surface area contributed by atoms with Crippen LogP contribution in [0.1, 0.15) is 10.4 Å². The summed E-state index contributed by atoms with van der Waals surface area (Å²) in [6.45, 7) is 4.77. The Kier molecular flexibility index (Phi) is 5.83. The first kappa shape index (κ1) is 15.6. The van der Waals surface area contributed by atoms with Crippen molar-refractivity contribution in [3.05, 3.63) is 23.8 Å². The molecule has 1 aromatic rings. The third kappa shape index (κ3) is 4.09. The van der Waals surface area contributed by atoms with Crippen molar-refractivity contribution in [2.45, 2.75) is 0 Å². The molecule has 0 spiro atoms. The van der Waals surface area contributed by atoms with E-state index in [2.05, 4.69) is 10.2 Å². The molecule has 1 saturated heterocycles. The lowest BCUT2D eigenvalue weighted by molar-refractivity contribution is 0.0383. The average Bonchev–Trinajstić information content (AvgIpc) is 2.54. The molecule has 1 heterocycles. The number of nitrogens with one attached hydrogen (secondary N) is 1. The molecule has 6 nitrogen and oxygen atoms in total. The number of carbonyl (C=O) groups is 1. The quantitative estimate of drug-likeness (QED) is 0.839. The Labute approximate surface area is 125 Å². The van der Waals surface area contributed by atoms with Gasteiger partial charge in [-0.1, -0.05) is 6.07 Å². The summed E-state index contributed by atoms with van der Waals surface area (Å²) in [5.74, 6) is 0.862.